The summed E-state index contributed by atoms with van der Waals surface area (Å²) in [5.41, 5.74) is 0. The van der Waals surface area contributed by atoms with E-state index in [0.717, 1.165) is 11.6 Å². The molecule has 1 aromatic carbocycles. The minimum atomic E-state index is 0. The normalized spacial score (nSPS) is 10.9. The predicted octanol–water partition coefficient (Wildman–Crippen LogP) is 2.47. The van der Waals surface area contributed by atoms with E-state index in [-0.39, 0.29) is 24.0 Å². The van der Waals surface area contributed by atoms with Crippen molar-refractivity contribution in [2.75, 3.05) is 26.7 Å². The quantitative estimate of drug-likeness (QED) is 0.198. The van der Waals surface area contributed by atoms with Gasteiger partial charge in [-0.2, -0.15) is 5.10 Å². The molecule has 9 heteroatoms. The minimum Gasteiger partial charge on any atom is -0.492 e. The maximum Gasteiger partial charge on any atom is 0.216 e. The number of nitrogens with one attached hydrogen (secondary N) is 3. The van der Waals surface area contributed by atoms with Crippen molar-refractivity contribution in [1.82, 2.24) is 25.8 Å². The molecule has 0 saturated carbocycles. The highest BCUT2D eigenvalue weighted by molar-refractivity contribution is 14.0. The van der Waals surface area contributed by atoms with Crippen molar-refractivity contribution in [2.45, 2.75) is 6.42 Å². The number of guanidine groups is 1. The Bertz CT molecular complexity index is 804. The lowest BCUT2D eigenvalue weighted by Crippen LogP contribution is -2.40. The van der Waals surface area contributed by atoms with E-state index < -0.39 is 0 Å². The van der Waals surface area contributed by atoms with Crippen LogP contribution in [0.25, 0.3) is 11.6 Å². The van der Waals surface area contributed by atoms with Gasteiger partial charge in [-0.1, -0.05) is 18.2 Å². The van der Waals surface area contributed by atoms with Gasteiger partial charge in [0.15, 0.2) is 11.7 Å². The van der Waals surface area contributed by atoms with Crippen molar-refractivity contribution in [3.05, 3.63) is 54.6 Å². The van der Waals surface area contributed by atoms with Crippen LogP contribution in [0.5, 0.6) is 5.75 Å². The van der Waals surface area contributed by atoms with Crippen molar-refractivity contribution in [3.63, 3.8) is 0 Å². The lowest BCUT2D eigenvalue weighted by molar-refractivity contribution is 0.322. The second-order valence-corrected chi connectivity index (χ2v) is 5.42. The standard InChI is InChI=1S/C18H22N6O2.HI/c1-19-18(21-11-13-25-14-6-3-2-4-7-14)20-10-9-16-22-17(24-23-16)15-8-5-12-26-15;/h2-8,12H,9-11,13H2,1H3,(H2,19,20,21)(H,22,23,24);1H. The minimum absolute atomic E-state index is 0. The van der Waals surface area contributed by atoms with Gasteiger partial charge in [-0.25, -0.2) is 4.98 Å². The van der Waals surface area contributed by atoms with Gasteiger partial charge in [0.2, 0.25) is 5.82 Å². The zero-order valence-corrected chi connectivity index (χ0v) is 17.3. The number of rotatable bonds is 8. The first kappa shape index (κ1) is 20.7. The molecule has 144 valence electrons. The zero-order valence-electron chi connectivity index (χ0n) is 15.0. The Morgan fingerprint density at radius 1 is 1.15 bits per heavy atom. The maximum atomic E-state index is 5.64. The summed E-state index contributed by atoms with van der Waals surface area (Å²) in [6.07, 6.45) is 2.29. The largest absolute Gasteiger partial charge is 0.492 e. The number of hydrogen-bond acceptors (Lipinski definition) is 5. The van der Waals surface area contributed by atoms with Gasteiger partial charge in [-0.05, 0) is 24.3 Å². The van der Waals surface area contributed by atoms with Crippen LogP contribution >= 0.6 is 24.0 Å². The summed E-state index contributed by atoms with van der Waals surface area (Å²) in [6, 6.07) is 13.4. The first-order valence-corrected chi connectivity index (χ1v) is 8.42. The smallest absolute Gasteiger partial charge is 0.216 e. The highest BCUT2D eigenvalue weighted by Gasteiger charge is 2.08. The Hall–Kier alpha value is -2.56. The molecular formula is C18H23IN6O2. The summed E-state index contributed by atoms with van der Waals surface area (Å²) < 4.78 is 10.9. The van der Waals surface area contributed by atoms with Crippen LogP contribution in [0.4, 0.5) is 0 Å². The van der Waals surface area contributed by atoms with Crippen LogP contribution in [-0.4, -0.2) is 47.9 Å². The molecule has 0 aliphatic carbocycles. The van der Waals surface area contributed by atoms with E-state index in [2.05, 4.69) is 30.8 Å². The van der Waals surface area contributed by atoms with Crippen LogP contribution in [0.1, 0.15) is 5.82 Å². The molecule has 27 heavy (non-hydrogen) atoms. The highest BCUT2D eigenvalue weighted by Crippen LogP contribution is 2.14. The fraction of sp³-hybridized carbons (Fsp3) is 0.278. The Morgan fingerprint density at radius 2 is 1.96 bits per heavy atom. The van der Waals surface area contributed by atoms with Crippen molar-refractivity contribution < 1.29 is 9.15 Å². The molecule has 8 nitrogen and oxygen atoms in total. The molecule has 0 bridgehead atoms. The van der Waals surface area contributed by atoms with Crippen molar-refractivity contribution in [3.8, 4) is 17.3 Å². The second kappa shape index (κ2) is 11.2. The Balaban J connectivity index is 0.00000261. The third kappa shape index (κ3) is 6.59. The number of halogens is 1. The van der Waals surface area contributed by atoms with E-state index in [0.29, 0.717) is 43.7 Å². The summed E-state index contributed by atoms with van der Waals surface area (Å²) in [4.78, 5) is 8.59. The number of H-pyrrole nitrogens is 1. The Morgan fingerprint density at radius 3 is 2.70 bits per heavy atom. The van der Waals surface area contributed by atoms with Crippen molar-refractivity contribution in [2.24, 2.45) is 4.99 Å². The maximum absolute atomic E-state index is 5.64. The average molecular weight is 482 g/mol. The molecular weight excluding hydrogens is 459 g/mol. The molecule has 0 amide bonds. The van der Waals surface area contributed by atoms with Gasteiger partial charge in [0.05, 0.1) is 12.8 Å². The Labute approximate surface area is 174 Å². The van der Waals surface area contributed by atoms with E-state index in [4.69, 9.17) is 9.15 Å². The van der Waals surface area contributed by atoms with Crippen LogP contribution in [0, 0.1) is 0 Å². The first-order chi connectivity index (χ1) is 12.8. The SMILES string of the molecule is CN=C(NCCOc1ccccc1)NCCc1nc(-c2ccco2)n[nH]1.I. The fourth-order valence-electron chi connectivity index (χ4n) is 2.30. The molecule has 0 spiro atoms. The van der Waals surface area contributed by atoms with Gasteiger partial charge in [-0.15, -0.1) is 24.0 Å². The number of aromatic nitrogens is 3. The lowest BCUT2D eigenvalue weighted by atomic mass is 10.3. The predicted molar refractivity (Wildman–Crippen MR) is 115 cm³/mol. The third-order valence-electron chi connectivity index (χ3n) is 3.56. The molecule has 0 aliphatic rings. The van der Waals surface area contributed by atoms with Crippen LogP contribution in [0.15, 0.2) is 58.1 Å². The number of nitrogens with zero attached hydrogens (tertiary/aromatic N) is 3. The van der Waals surface area contributed by atoms with Gasteiger partial charge >= 0.3 is 0 Å². The van der Waals surface area contributed by atoms with Crippen molar-refractivity contribution >= 4 is 29.9 Å². The van der Waals surface area contributed by atoms with Gasteiger partial charge in [0.25, 0.3) is 0 Å². The fourth-order valence-corrected chi connectivity index (χ4v) is 2.30. The topological polar surface area (TPSA) is 100 Å². The summed E-state index contributed by atoms with van der Waals surface area (Å²) in [5.74, 6) is 3.57. The number of aliphatic imine (C=N–C) groups is 1. The van der Waals surface area contributed by atoms with Crippen LogP contribution in [-0.2, 0) is 6.42 Å². The Kier molecular flexibility index (Phi) is 8.62. The molecule has 0 atom stereocenters. The van der Waals surface area contributed by atoms with E-state index >= 15 is 0 Å². The van der Waals surface area contributed by atoms with Gasteiger partial charge in [-0.3, -0.25) is 10.1 Å². The van der Waals surface area contributed by atoms with Crippen LogP contribution < -0.4 is 15.4 Å². The number of ether oxygens (including phenoxy) is 1. The molecule has 2 heterocycles. The molecule has 3 rings (SSSR count). The van der Waals surface area contributed by atoms with Gasteiger partial charge in [0, 0.05) is 20.0 Å². The third-order valence-corrected chi connectivity index (χ3v) is 3.56. The van der Waals surface area contributed by atoms with Gasteiger partial charge in [0.1, 0.15) is 18.2 Å². The molecule has 0 radical (unpaired) electrons. The van der Waals surface area contributed by atoms with E-state index in [1.807, 2.05) is 42.5 Å². The summed E-state index contributed by atoms with van der Waals surface area (Å²) in [7, 11) is 1.73. The lowest BCUT2D eigenvalue weighted by Gasteiger charge is -2.12. The second-order valence-electron chi connectivity index (χ2n) is 5.42. The van der Waals surface area contributed by atoms with Crippen LogP contribution in [0.2, 0.25) is 0 Å². The highest BCUT2D eigenvalue weighted by atomic mass is 127. The molecule has 3 N–H and O–H groups in total. The molecule has 3 aromatic rings. The number of para-hydroxylation sites is 1. The summed E-state index contributed by atoms with van der Waals surface area (Å²) in [6.45, 7) is 1.88. The van der Waals surface area contributed by atoms with Crippen LogP contribution in [0.3, 0.4) is 0 Å². The van der Waals surface area contributed by atoms with Gasteiger partial charge < -0.3 is 19.8 Å². The monoisotopic (exact) mass is 482 g/mol. The zero-order chi connectivity index (χ0) is 18.0. The molecule has 0 saturated heterocycles. The van der Waals surface area contributed by atoms with Crippen molar-refractivity contribution in [1.29, 1.82) is 0 Å². The number of hydrogen-bond donors (Lipinski definition) is 3. The molecule has 0 fully saturated rings. The van der Waals surface area contributed by atoms with E-state index in [1.165, 1.54) is 0 Å². The average Bonchev–Trinajstić information content (AvgIpc) is 3.36. The number of aromatic amines is 1. The number of benzene rings is 1. The summed E-state index contributed by atoms with van der Waals surface area (Å²) in [5, 5.41) is 13.5. The first-order valence-electron chi connectivity index (χ1n) is 8.42. The molecule has 2 aromatic heterocycles. The number of furan rings is 1. The molecule has 0 aliphatic heterocycles. The summed E-state index contributed by atoms with van der Waals surface area (Å²) >= 11 is 0. The van der Waals surface area contributed by atoms with E-state index in [1.54, 1.807) is 13.3 Å². The molecule has 0 unspecified atom stereocenters. The van der Waals surface area contributed by atoms with E-state index in [9.17, 15) is 0 Å².